The summed E-state index contributed by atoms with van der Waals surface area (Å²) < 4.78 is 4.63. The summed E-state index contributed by atoms with van der Waals surface area (Å²) in [4.78, 5) is 22.9. The Kier molecular flexibility index (Phi) is 6.18. The molecule has 0 saturated heterocycles. The van der Waals surface area contributed by atoms with Gasteiger partial charge in [0.15, 0.2) is 0 Å². The molecule has 1 rings (SSSR count). The summed E-state index contributed by atoms with van der Waals surface area (Å²) in [6, 6.07) is 6.64. The molecule has 0 aliphatic heterocycles. The normalized spacial score (nSPS) is 12.1. The number of nitrogens with two attached hydrogens (primary N) is 1. The molecule has 1 atom stereocenters. The van der Waals surface area contributed by atoms with Gasteiger partial charge >= 0.3 is 5.97 Å². The maximum atomic E-state index is 11.7. The molecule has 0 radical (unpaired) electrons. The van der Waals surface area contributed by atoms with Gasteiger partial charge in [-0.2, -0.15) is 0 Å². The van der Waals surface area contributed by atoms with Crippen LogP contribution in [0.25, 0.3) is 0 Å². The van der Waals surface area contributed by atoms with Crippen molar-refractivity contribution in [3.63, 3.8) is 0 Å². The molecule has 0 heterocycles. The van der Waals surface area contributed by atoms with Gasteiger partial charge in [0.2, 0.25) is 5.91 Å². The van der Waals surface area contributed by atoms with Crippen LogP contribution in [-0.2, 0) is 16.0 Å². The molecular weight excluding hydrogens is 256 g/mol. The number of hydrogen-bond donors (Lipinski definition) is 2. The van der Waals surface area contributed by atoms with Gasteiger partial charge in [0.1, 0.15) is 0 Å². The molecule has 0 spiro atoms. The monoisotopic (exact) mass is 278 g/mol. The minimum atomic E-state index is -0.475. The SMILES string of the molecule is COC(=O)c1ccc(CCNC(=O)[C@@H](N)C(C)C)cc1. The summed E-state index contributed by atoms with van der Waals surface area (Å²) >= 11 is 0. The second-order valence-corrected chi connectivity index (χ2v) is 5.00. The number of esters is 1. The number of carbonyl (C=O) groups is 2. The Morgan fingerprint density at radius 3 is 2.35 bits per heavy atom. The minimum Gasteiger partial charge on any atom is -0.465 e. The largest absolute Gasteiger partial charge is 0.465 e. The quantitative estimate of drug-likeness (QED) is 0.764. The van der Waals surface area contributed by atoms with E-state index in [1.165, 1.54) is 7.11 Å². The molecule has 5 nitrogen and oxygen atoms in total. The van der Waals surface area contributed by atoms with Crippen molar-refractivity contribution in [2.45, 2.75) is 26.3 Å². The molecule has 0 aromatic heterocycles. The highest BCUT2D eigenvalue weighted by molar-refractivity contribution is 5.89. The fraction of sp³-hybridized carbons (Fsp3) is 0.467. The van der Waals surface area contributed by atoms with Crippen LogP contribution in [-0.4, -0.2) is 31.6 Å². The van der Waals surface area contributed by atoms with Crippen molar-refractivity contribution in [1.82, 2.24) is 5.32 Å². The first-order chi connectivity index (χ1) is 9.45. The smallest absolute Gasteiger partial charge is 0.337 e. The van der Waals surface area contributed by atoms with Gasteiger partial charge in [0.25, 0.3) is 0 Å². The van der Waals surface area contributed by atoms with Gasteiger partial charge in [0, 0.05) is 6.54 Å². The molecule has 3 N–H and O–H groups in total. The first-order valence-corrected chi connectivity index (χ1v) is 6.66. The number of rotatable bonds is 6. The summed E-state index contributed by atoms with van der Waals surface area (Å²) in [7, 11) is 1.35. The van der Waals surface area contributed by atoms with Crippen molar-refractivity contribution in [2.24, 2.45) is 11.7 Å². The van der Waals surface area contributed by atoms with Crippen molar-refractivity contribution in [3.8, 4) is 0 Å². The minimum absolute atomic E-state index is 0.120. The van der Waals surface area contributed by atoms with Gasteiger partial charge in [-0.05, 0) is 30.0 Å². The molecule has 20 heavy (non-hydrogen) atoms. The van der Waals surface area contributed by atoms with E-state index in [1.807, 2.05) is 26.0 Å². The van der Waals surface area contributed by atoms with E-state index in [2.05, 4.69) is 10.1 Å². The van der Waals surface area contributed by atoms with Crippen molar-refractivity contribution < 1.29 is 14.3 Å². The Morgan fingerprint density at radius 1 is 1.25 bits per heavy atom. The van der Waals surface area contributed by atoms with Crippen LogP contribution in [0.4, 0.5) is 0 Å². The van der Waals surface area contributed by atoms with Crippen LogP contribution in [0.1, 0.15) is 29.8 Å². The average molecular weight is 278 g/mol. The second-order valence-electron chi connectivity index (χ2n) is 5.00. The molecule has 0 fully saturated rings. The van der Waals surface area contributed by atoms with E-state index in [0.717, 1.165) is 5.56 Å². The Morgan fingerprint density at radius 2 is 1.85 bits per heavy atom. The summed E-state index contributed by atoms with van der Waals surface area (Å²) in [5, 5.41) is 2.81. The van der Waals surface area contributed by atoms with E-state index in [9.17, 15) is 9.59 Å². The molecule has 1 amide bonds. The Bertz CT molecular complexity index is 455. The molecule has 5 heteroatoms. The van der Waals surface area contributed by atoms with Crippen molar-refractivity contribution in [1.29, 1.82) is 0 Å². The lowest BCUT2D eigenvalue weighted by Crippen LogP contribution is -2.44. The number of methoxy groups -OCH3 is 1. The zero-order valence-electron chi connectivity index (χ0n) is 12.2. The number of carbonyl (C=O) groups excluding carboxylic acids is 2. The molecule has 1 aromatic rings. The average Bonchev–Trinajstić information content (AvgIpc) is 2.46. The molecule has 0 aliphatic rings. The predicted octanol–water partition coefficient (Wildman–Crippen LogP) is 1.12. The number of nitrogens with one attached hydrogen (secondary N) is 1. The van der Waals surface area contributed by atoms with E-state index in [-0.39, 0.29) is 17.8 Å². The van der Waals surface area contributed by atoms with Crippen molar-refractivity contribution in [2.75, 3.05) is 13.7 Å². The third-order valence-corrected chi connectivity index (χ3v) is 3.11. The van der Waals surface area contributed by atoms with E-state index in [0.29, 0.717) is 18.5 Å². The van der Waals surface area contributed by atoms with Crippen LogP contribution in [0.5, 0.6) is 0 Å². The van der Waals surface area contributed by atoms with Crippen LogP contribution < -0.4 is 11.1 Å². The Labute approximate surface area is 119 Å². The number of hydrogen-bond acceptors (Lipinski definition) is 4. The van der Waals surface area contributed by atoms with Gasteiger partial charge < -0.3 is 15.8 Å². The first-order valence-electron chi connectivity index (χ1n) is 6.66. The molecular formula is C15H22N2O3. The third kappa shape index (κ3) is 4.66. The fourth-order valence-corrected chi connectivity index (χ4v) is 1.68. The lowest BCUT2D eigenvalue weighted by molar-refractivity contribution is -0.123. The standard InChI is InChI=1S/C15H22N2O3/c1-10(2)13(16)14(18)17-9-8-11-4-6-12(7-5-11)15(19)20-3/h4-7,10,13H,8-9,16H2,1-3H3,(H,17,18)/t13-/m0/s1. The van der Waals surface area contributed by atoms with E-state index in [4.69, 9.17) is 5.73 Å². The van der Waals surface area contributed by atoms with Gasteiger partial charge in [-0.15, -0.1) is 0 Å². The van der Waals surface area contributed by atoms with Gasteiger partial charge in [-0.3, -0.25) is 4.79 Å². The maximum Gasteiger partial charge on any atom is 0.337 e. The highest BCUT2D eigenvalue weighted by Gasteiger charge is 2.16. The molecule has 0 unspecified atom stereocenters. The predicted molar refractivity (Wildman–Crippen MR) is 77.3 cm³/mol. The molecule has 0 bridgehead atoms. The molecule has 0 saturated carbocycles. The highest BCUT2D eigenvalue weighted by atomic mass is 16.5. The number of ether oxygens (including phenoxy) is 1. The topological polar surface area (TPSA) is 81.4 Å². The summed E-state index contributed by atoms with van der Waals surface area (Å²) in [6.45, 7) is 4.35. The van der Waals surface area contributed by atoms with E-state index < -0.39 is 6.04 Å². The first kappa shape index (κ1) is 16.2. The van der Waals surface area contributed by atoms with Crippen molar-refractivity contribution in [3.05, 3.63) is 35.4 Å². The lowest BCUT2D eigenvalue weighted by Gasteiger charge is -2.15. The van der Waals surface area contributed by atoms with Crippen LogP contribution in [0.15, 0.2) is 24.3 Å². The molecule has 0 aliphatic carbocycles. The van der Waals surface area contributed by atoms with Gasteiger partial charge in [0.05, 0.1) is 18.7 Å². The second kappa shape index (κ2) is 7.65. The zero-order valence-corrected chi connectivity index (χ0v) is 12.2. The highest BCUT2D eigenvalue weighted by Crippen LogP contribution is 2.06. The van der Waals surface area contributed by atoms with Gasteiger partial charge in [-0.1, -0.05) is 26.0 Å². The van der Waals surface area contributed by atoms with E-state index in [1.54, 1.807) is 12.1 Å². The maximum absolute atomic E-state index is 11.7. The zero-order chi connectivity index (χ0) is 15.1. The summed E-state index contributed by atoms with van der Waals surface area (Å²) in [5.74, 6) is -0.367. The van der Waals surface area contributed by atoms with E-state index >= 15 is 0 Å². The summed E-state index contributed by atoms with van der Waals surface area (Å²) in [6.07, 6.45) is 0.692. The Hall–Kier alpha value is -1.88. The van der Waals surface area contributed by atoms with Crippen LogP contribution in [0, 0.1) is 5.92 Å². The van der Waals surface area contributed by atoms with Crippen LogP contribution in [0.2, 0.25) is 0 Å². The Balaban J connectivity index is 2.43. The van der Waals surface area contributed by atoms with Crippen molar-refractivity contribution >= 4 is 11.9 Å². The fourth-order valence-electron chi connectivity index (χ4n) is 1.68. The number of amides is 1. The third-order valence-electron chi connectivity index (χ3n) is 3.11. The van der Waals surface area contributed by atoms with Gasteiger partial charge in [-0.25, -0.2) is 4.79 Å². The summed E-state index contributed by atoms with van der Waals surface area (Å²) in [5.41, 5.74) is 7.30. The number of benzene rings is 1. The molecule has 110 valence electrons. The molecule has 1 aromatic carbocycles. The van der Waals surface area contributed by atoms with Crippen LogP contribution >= 0.6 is 0 Å². The lowest BCUT2D eigenvalue weighted by atomic mass is 10.0. The van der Waals surface area contributed by atoms with Crippen LogP contribution in [0.3, 0.4) is 0 Å².